The number of hydrogen-bond donors (Lipinski definition) is 2. The molecule has 6 nitrogen and oxygen atoms in total. The number of imidazole rings is 1. The molecule has 0 bridgehead atoms. The molecule has 29 heavy (non-hydrogen) atoms. The van der Waals surface area contributed by atoms with Crippen molar-refractivity contribution in [1.29, 1.82) is 0 Å². The van der Waals surface area contributed by atoms with Crippen LogP contribution >= 0.6 is 0 Å². The van der Waals surface area contributed by atoms with Gasteiger partial charge in [0.2, 0.25) is 5.91 Å². The Kier molecular flexibility index (Phi) is 6.56. The van der Waals surface area contributed by atoms with Gasteiger partial charge in [0, 0.05) is 24.8 Å². The number of nitrogens with zero attached hydrogens (tertiary/aromatic N) is 2. The lowest BCUT2D eigenvalue weighted by molar-refractivity contribution is -0.117. The summed E-state index contributed by atoms with van der Waals surface area (Å²) in [5.74, 6) is -0.709. The first-order valence-corrected chi connectivity index (χ1v) is 9.42. The van der Waals surface area contributed by atoms with Gasteiger partial charge in [0.1, 0.15) is 17.5 Å². The van der Waals surface area contributed by atoms with Crippen LogP contribution in [-0.4, -0.2) is 35.2 Å². The summed E-state index contributed by atoms with van der Waals surface area (Å²) >= 11 is 0. The van der Waals surface area contributed by atoms with E-state index in [1.54, 1.807) is 25.1 Å². The number of aromatic nitrogens is 2. The van der Waals surface area contributed by atoms with Gasteiger partial charge in [-0.1, -0.05) is 12.1 Å². The predicted octanol–water partition coefficient (Wildman–Crippen LogP) is 2.90. The number of benzene rings is 2. The minimum absolute atomic E-state index is 0.0108. The Labute approximate surface area is 167 Å². The molecule has 0 spiro atoms. The van der Waals surface area contributed by atoms with Crippen LogP contribution in [0.5, 0.6) is 0 Å². The second-order valence-electron chi connectivity index (χ2n) is 6.73. The molecule has 0 aliphatic carbocycles. The van der Waals surface area contributed by atoms with Crippen molar-refractivity contribution in [2.75, 3.05) is 19.8 Å². The molecule has 0 aliphatic heterocycles. The standard InChI is InChI=1S/C21H24F2N4O2/c1-3-29-7-6-27-19-9-15(14-5-4-13(2)16(22)8-14)17(23)10-18(19)26-21(27)12-25-11-20(24)28/h4-5,8-10,25H,3,6-7,11-12H2,1-2H3,(H2,24,28). The highest BCUT2D eigenvalue weighted by atomic mass is 19.1. The van der Waals surface area contributed by atoms with E-state index in [2.05, 4.69) is 10.3 Å². The van der Waals surface area contributed by atoms with Gasteiger partial charge < -0.3 is 20.4 Å². The van der Waals surface area contributed by atoms with Gasteiger partial charge in [-0.3, -0.25) is 4.79 Å². The van der Waals surface area contributed by atoms with Crippen LogP contribution in [0.15, 0.2) is 30.3 Å². The maximum Gasteiger partial charge on any atom is 0.231 e. The second kappa shape index (κ2) is 9.11. The highest BCUT2D eigenvalue weighted by Gasteiger charge is 2.16. The van der Waals surface area contributed by atoms with Crippen molar-refractivity contribution in [3.8, 4) is 11.1 Å². The van der Waals surface area contributed by atoms with E-state index >= 15 is 0 Å². The summed E-state index contributed by atoms with van der Waals surface area (Å²) in [6.07, 6.45) is 0. The monoisotopic (exact) mass is 402 g/mol. The van der Waals surface area contributed by atoms with E-state index < -0.39 is 11.7 Å². The summed E-state index contributed by atoms with van der Waals surface area (Å²) in [4.78, 5) is 15.5. The first-order valence-electron chi connectivity index (χ1n) is 9.42. The molecule has 1 heterocycles. The first kappa shape index (κ1) is 20.9. The molecule has 3 aromatic rings. The Balaban J connectivity index is 2.04. The fraction of sp³-hybridized carbons (Fsp3) is 0.333. The third-order valence-electron chi connectivity index (χ3n) is 4.64. The third kappa shape index (κ3) is 4.78. The Morgan fingerprint density at radius 3 is 2.72 bits per heavy atom. The smallest absolute Gasteiger partial charge is 0.231 e. The van der Waals surface area contributed by atoms with Gasteiger partial charge in [-0.05, 0) is 37.1 Å². The summed E-state index contributed by atoms with van der Waals surface area (Å²) in [6.45, 7) is 5.40. The van der Waals surface area contributed by atoms with Crippen LogP contribution in [0.3, 0.4) is 0 Å². The molecule has 8 heteroatoms. The summed E-state index contributed by atoms with van der Waals surface area (Å²) in [5, 5.41) is 2.93. The van der Waals surface area contributed by atoms with Gasteiger partial charge >= 0.3 is 0 Å². The molecule has 0 saturated heterocycles. The topological polar surface area (TPSA) is 82.2 Å². The number of rotatable bonds is 9. The number of halogens is 2. The van der Waals surface area contributed by atoms with Gasteiger partial charge in [0.05, 0.1) is 30.7 Å². The van der Waals surface area contributed by atoms with Crippen molar-refractivity contribution in [1.82, 2.24) is 14.9 Å². The number of nitrogens with two attached hydrogens (primary N) is 1. The molecular formula is C21H24F2N4O2. The molecule has 0 unspecified atom stereocenters. The maximum absolute atomic E-state index is 14.8. The highest BCUT2D eigenvalue weighted by molar-refractivity contribution is 5.83. The van der Waals surface area contributed by atoms with Gasteiger partial charge in [0.25, 0.3) is 0 Å². The number of aryl methyl sites for hydroxylation is 1. The van der Waals surface area contributed by atoms with Crippen molar-refractivity contribution in [2.24, 2.45) is 5.73 Å². The Morgan fingerprint density at radius 1 is 1.24 bits per heavy atom. The molecule has 2 aromatic carbocycles. The molecule has 0 atom stereocenters. The summed E-state index contributed by atoms with van der Waals surface area (Å²) in [6, 6.07) is 7.66. The molecule has 0 saturated carbocycles. The lowest BCUT2D eigenvalue weighted by Crippen LogP contribution is -2.29. The van der Waals surface area contributed by atoms with Crippen molar-refractivity contribution in [3.05, 3.63) is 53.4 Å². The van der Waals surface area contributed by atoms with Gasteiger partial charge in [-0.15, -0.1) is 0 Å². The zero-order chi connectivity index (χ0) is 21.0. The van der Waals surface area contributed by atoms with Gasteiger partial charge in [0.15, 0.2) is 0 Å². The van der Waals surface area contributed by atoms with Crippen molar-refractivity contribution in [3.63, 3.8) is 0 Å². The minimum atomic E-state index is -0.480. The largest absolute Gasteiger partial charge is 0.380 e. The quantitative estimate of drug-likeness (QED) is 0.539. The average molecular weight is 402 g/mol. The summed E-state index contributed by atoms with van der Waals surface area (Å²) in [5.41, 5.74) is 7.60. The fourth-order valence-corrected chi connectivity index (χ4v) is 3.16. The van der Waals surface area contributed by atoms with E-state index in [9.17, 15) is 13.6 Å². The Bertz CT molecular complexity index is 1030. The van der Waals surface area contributed by atoms with Crippen LogP contribution < -0.4 is 11.1 Å². The van der Waals surface area contributed by atoms with Crippen LogP contribution in [0.2, 0.25) is 0 Å². The molecule has 0 aliphatic rings. The normalized spacial score (nSPS) is 11.3. The van der Waals surface area contributed by atoms with E-state index in [1.807, 2.05) is 11.5 Å². The lowest BCUT2D eigenvalue weighted by Gasteiger charge is -2.11. The Hall–Kier alpha value is -2.84. The Morgan fingerprint density at radius 2 is 2.03 bits per heavy atom. The molecule has 1 amide bonds. The molecule has 0 radical (unpaired) electrons. The molecule has 154 valence electrons. The van der Waals surface area contributed by atoms with Crippen molar-refractivity contribution in [2.45, 2.75) is 26.9 Å². The molecular weight excluding hydrogens is 378 g/mol. The second-order valence-corrected chi connectivity index (χ2v) is 6.73. The number of hydrogen-bond acceptors (Lipinski definition) is 4. The lowest BCUT2D eigenvalue weighted by atomic mass is 10.0. The van der Waals surface area contributed by atoms with E-state index in [0.717, 1.165) is 0 Å². The summed E-state index contributed by atoms with van der Waals surface area (Å²) in [7, 11) is 0. The van der Waals surface area contributed by atoms with Gasteiger partial charge in [-0.25, -0.2) is 13.8 Å². The van der Waals surface area contributed by atoms with Crippen LogP contribution in [0.4, 0.5) is 8.78 Å². The van der Waals surface area contributed by atoms with Crippen LogP contribution in [0, 0.1) is 18.6 Å². The zero-order valence-electron chi connectivity index (χ0n) is 16.5. The maximum atomic E-state index is 14.8. The van der Waals surface area contributed by atoms with E-state index in [-0.39, 0.29) is 12.4 Å². The third-order valence-corrected chi connectivity index (χ3v) is 4.64. The SMILES string of the molecule is CCOCCn1c(CNCC(N)=O)nc2cc(F)c(-c3ccc(C)c(F)c3)cc21. The van der Waals surface area contributed by atoms with Crippen LogP contribution in [0.1, 0.15) is 18.3 Å². The number of carbonyl (C=O) groups excluding carboxylic acids is 1. The van der Waals surface area contributed by atoms with Crippen LogP contribution in [0.25, 0.3) is 22.2 Å². The molecule has 3 rings (SSSR count). The average Bonchev–Trinajstić information content (AvgIpc) is 2.99. The van der Waals surface area contributed by atoms with E-state index in [1.165, 1.54) is 12.1 Å². The predicted molar refractivity (Wildman–Crippen MR) is 107 cm³/mol. The van der Waals surface area contributed by atoms with E-state index in [4.69, 9.17) is 10.5 Å². The van der Waals surface area contributed by atoms with Crippen molar-refractivity contribution < 1.29 is 18.3 Å². The number of fused-ring (bicyclic) bond motifs is 1. The molecule has 3 N–H and O–H groups in total. The van der Waals surface area contributed by atoms with Crippen LogP contribution in [-0.2, 0) is 22.6 Å². The zero-order valence-corrected chi connectivity index (χ0v) is 16.5. The highest BCUT2D eigenvalue weighted by Crippen LogP contribution is 2.29. The van der Waals surface area contributed by atoms with Gasteiger partial charge in [-0.2, -0.15) is 0 Å². The molecule has 0 fully saturated rings. The van der Waals surface area contributed by atoms with E-state index in [0.29, 0.717) is 59.9 Å². The number of nitrogens with one attached hydrogen (secondary N) is 1. The summed E-state index contributed by atoms with van der Waals surface area (Å²) < 4.78 is 36.1. The minimum Gasteiger partial charge on any atom is -0.380 e. The number of ether oxygens (including phenoxy) is 1. The number of primary amides is 1. The number of carbonyl (C=O) groups is 1. The molecule has 1 aromatic heterocycles. The van der Waals surface area contributed by atoms with Crippen molar-refractivity contribution >= 4 is 16.9 Å². The first-order chi connectivity index (χ1) is 13.9. The number of amides is 1. The fourth-order valence-electron chi connectivity index (χ4n) is 3.16.